The number of hydrogen-bond acceptors (Lipinski definition) is 3. The number of carbonyl (C=O) groups is 1. The predicted molar refractivity (Wildman–Crippen MR) is 74.3 cm³/mol. The minimum absolute atomic E-state index is 0. The molecule has 1 saturated heterocycles. The van der Waals surface area contributed by atoms with Crippen molar-refractivity contribution >= 4 is 35.6 Å². The van der Waals surface area contributed by atoms with Gasteiger partial charge in [0.05, 0.1) is 5.69 Å². The molecular formula is C12H15Cl2FN2O2. The van der Waals surface area contributed by atoms with Crippen molar-refractivity contribution in [3.05, 3.63) is 29.0 Å². The normalized spacial score (nSPS) is 17.4. The number of benzene rings is 1. The van der Waals surface area contributed by atoms with Crippen LogP contribution in [0.5, 0.6) is 0 Å². The number of halogens is 3. The summed E-state index contributed by atoms with van der Waals surface area (Å²) in [5.74, 6) is -0.974. The molecule has 106 valence electrons. The summed E-state index contributed by atoms with van der Waals surface area (Å²) < 4.78 is 18.7. The third kappa shape index (κ3) is 3.79. The monoisotopic (exact) mass is 308 g/mol. The van der Waals surface area contributed by atoms with Crippen LogP contribution >= 0.6 is 24.0 Å². The van der Waals surface area contributed by atoms with Crippen LogP contribution in [0.15, 0.2) is 18.2 Å². The summed E-state index contributed by atoms with van der Waals surface area (Å²) in [6, 6.07) is 4.07. The Morgan fingerprint density at radius 1 is 1.42 bits per heavy atom. The van der Waals surface area contributed by atoms with E-state index in [1.165, 1.54) is 12.1 Å². The van der Waals surface area contributed by atoms with Crippen LogP contribution in [0, 0.1) is 5.82 Å². The molecule has 0 spiro atoms. The zero-order valence-corrected chi connectivity index (χ0v) is 11.7. The van der Waals surface area contributed by atoms with E-state index in [-0.39, 0.29) is 23.1 Å². The van der Waals surface area contributed by atoms with Gasteiger partial charge in [-0.3, -0.25) is 4.79 Å². The number of ether oxygens (including phenoxy) is 1. The lowest BCUT2D eigenvalue weighted by molar-refractivity contribution is -0.124. The molecule has 0 saturated carbocycles. The van der Waals surface area contributed by atoms with Gasteiger partial charge < -0.3 is 15.8 Å². The first-order chi connectivity index (χ1) is 8.51. The van der Waals surface area contributed by atoms with Crippen molar-refractivity contribution in [2.75, 3.05) is 18.5 Å². The first kappa shape index (κ1) is 16.2. The lowest BCUT2D eigenvalue weighted by Gasteiger charge is -2.31. The van der Waals surface area contributed by atoms with E-state index in [0.717, 1.165) is 6.07 Å². The minimum Gasteiger partial charge on any atom is -0.381 e. The van der Waals surface area contributed by atoms with Crippen molar-refractivity contribution in [1.29, 1.82) is 0 Å². The van der Waals surface area contributed by atoms with Gasteiger partial charge in [0.2, 0.25) is 5.91 Å². The second-order valence-electron chi connectivity index (χ2n) is 4.35. The van der Waals surface area contributed by atoms with E-state index >= 15 is 0 Å². The van der Waals surface area contributed by atoms with Crippen LogP contribution in [0.1, 0.15) is 12.8 Å². The summed E-state index contributed by atoms with van der Waals surface area (Å²) in [5.41, 5.74) is 5.08. The molecule has 2 rings (SSSR count). The summed E-state index contributed by atoms with van der Waals surface area (Å²) in [4.78, 5) is 12.0. The molecule has 0 radical (unpaired) electrons. The minimum atomic E-state index is -0.996. The molecule has 1 aliphatic heterocycles. The average molecular weight is 309 g/mol. The van der Waals surface area contributed by atoms with Crippen molar-refractivity contribution in [1.82, 2.24) is 0 Å². The molecule has 4 nitrogen and oxygen atoms in total. The lowest BCUT2D eigenvalue weighted by atomic mass is 9.90. The van der Waals surface area contributed by atoms with Gasteiger partial charge in [-0.1, -0.05) is 11.6 Å². The zero-order valence-electron chi connectivity index (χ0n) is 10.1. The second kappa shape index (κ2) is 6.52. The third-order valence-corrected chi connectivity index (χ3v) is 3.25. The fourth-order valence-electron chi connectivity index (χ4n) is 1.80. The van der Waals surface area contributed by atoms with E-state index in [0.29, 0.717) is 26.1 Å². The third-order valence-electron chi connectivity index (χ3n) is 3.02. The molecule has 1 aromatic rings. The highest BCUT2D eigenvalue weighted by atomic mass is 35.5. The Labute approximate surface area is 121 Å². The molecule has 0 unspecified atom stereocenters. The summed E-state index contributed by atoms with van der Waals surface area (Å²) in [7, 11) is 0. The summed E-state index contributed by atoms with van der Waals surface area (Å²) in [5, 5.41) is 2.77. The second-order valence-corrected chi connectivity index (χ2v) is 4.78. The van der Waals surface area contributed by atoms with Gasteiger partial charge in [-0.25, -0.2) is 4.39 Å². The highest BCUT2D eigenvalue weighted by Crippen LogP contribution is 2.23. The Bertz CT molecular complexity index is 465. The Morgan fingerprint density at radius 3 is 2.63 bits per heavy atom. The molecule has 0 aliphatic carbocycles. The molecule has 1 aliphatic rings. The van der Waals surface area contributed by atoms with Crippen molar-refractivity contribution in [2.24, 2.45) is 5.73 Å². The van der Waals surface area contributed by atoms with Crippen molar-refractivity contribution in [3.8, 4) is 0 Å². The summed E-state index contributed by atoms with van der Waals surface area (Å²) >= 11 is 5.64. The maximum atomic E-state index is 13.5. The predicted octanol–water partition coefficient (Wildman–Crippen LogP) is 2.35. The summed E-state index contributed by atoms with van der Waals surface area (Å²) in [6.45, 7) is 0.875. The van der Waals surface area contributed by atoms with Crippen LogP contribution in [-0.2, 0) is 9.53 Å². The molecule has 0 atom stereocenters. The van der Waals surface area contributed by atoms with E-state index in [2.05, 4.69) is 5.32 Å². The molecule has 19 heavy (non-hydrogen) atoms. The summed E-state index contributed by atoms with van der Waals surface area (Å²) in [6.07, 6.45) is 0.849. The molecule has 1 aromatic carbocycles. The van der Waals surface area contributed by atoms with Crippen LogP contribution in [0.4, 0.5) is 10.1 Å². The van der Waals surface area contributed by atoms with Crippen LogP contribution in [0.2, 0.25) is 5.02 Å². The lowest BCUT2D eigenvalue weighted by Crippen LogP contribution is -2.54. The largest absolute Gasteiger partial charge is 0.381 e. The number of carbonyl (C=O) groups excluding carboxylic acids is 1. The fourth-order valence-corrected chi connectivity index (χ4v) is 1.96. The van der Waals surface area contributed by atoms with Gasteiger partial charge in [-0.2, -0.15) is 0 Å². The maximum Gasteiger partial charge on any atom is 0.244 e. The first-order valence-corrected chi connectivity index (χ1v) is 6.02. The van der Waals surface area contributed by atoms with Gasteiger partial charge in [-0.15, -0.1) is 12.4 Å². The van der Waals surface area contributed by atoms with Crippen molar-refractivity contribution in [2.45, 2.75) is 18.4 Å². The Balaban J connectivity index is 0.00000180. The average Bonchev–Trinajstić information content (AvgIpc) is 2.33. The standard InChI is InChI=1S/C12H14ClFN2O2.ClH/c13-8-1-2-10(9(14)7-8)16-11(17)12(15)3-5-18-6-4-12;/h1-2,7H,3-6,15H2,(H,16,17);1H. The Kier molecular flexibility index (Phi) is 5.55. The number of nitrogens with two attached hydrogens (primary N) is 1. The van der Waals surface area contributed by atoms with E-state index < -0.39 is 17.3 Å². The first-order valence-electron chi connectivity index (χ1n) is 5.64. The van der Waals surface area contributed by atoms with Gasteiger partial charge in [0.15, 0.2) is 0 Å². The van der Waals surface area contributed by atoms with Crippen molar-refractivity contribution in [3.63, 3.8) is 0 Å². The van der Waals surface area contributed by atoms with E-state index in [9.17, 15) is 9.18 Å². The highest BCUT2D eigenvalue weighted by molar-refractivity contribution is 6.30. The highest BCUT2D eigenvalue weighted by Gasteiger charge is 2.36. The number of nitrogens with one attached hydrogen (secondary N) is 1. The molecular weight excluding hydrogens is 294 g/mol. The Hall–Kier alpha value is -0.880. The number of anilines is 1. The molecule has 1 fully saturated rings. The van der Waals surface area contributed by atoms with Gasteiger partial charge in [0.25, 0.3) is 0 Å². The molecule has 1 heterocycles. The molecule has 0 bridgehead atoms. The topological polar surface area (TPSA) is 64.4 Å². The van der Waals surface area contributed by atoms with Gasteiger partial charge in [-0.05, 0) is 31.0 Å². The quantitative estimate of drug-likeness (QED) is 0.881. The van der Waals surface area contributed by atoms with Gasteiger partial charge in [0.1, 0.15) is 11.4 Å². The van der Waals surface area contributed by atoms with Crippen LogP contribution in [0.25, 0.3) is 0 Å². The molecule has 3 N–H and O–H groups in total. The smallest absolute Gasteiger partial charge is 0.244 e. The van der Waals surface area contributed by atoms with Gasteiger partial charge >= 0.3 is 0 Å². The van der Waals surface area contributed by atoms with Crippen LogP contribution in [-0.4, -0.2) is 24.7 Å². The zero-order chi connectivity index (χ0) is 13.2. The van der Waals surface area contributed by atoms with Crippen LogP contribution < -0.4 is 11.1 Å². The van der Waals surface area contributed by atoms with E-state index in [4.69, 9.17) is 22.1 Å². The van der Waals surface area contributed by atoms with Gasteiger partial charge in [0, 0.05) is 18.2 Å². The number of rotatable bonds is 2. The van der Waals surface area contributed by atoms with E-state index in [1.54, 1.807) is 0 Å². The Morgan fingerprint density at radius 2 is 2.05 bits per heavy atom. The molecule has 0 aromatic heterocycles. The molecule has 7 heteroatoms. The fraction of sp³-hybridized carbons (Fsp3) is 0.417. The number of hydrogen-bond donors (Lipinski definition) is 2. The number of amides is 1. The maximum absolute atomic E-state index is 13.5. The SMILES string of the molecule is Cl.NC1(C(=O)Nc2ccc(Cl)cc2F)CCOCC1. The van der Waals surface area contributed by atoms with E-state index in [1.807, 2.05) is 0 Å². The van der Waals surface area contributed by atoms with Crippen molar-refractivity contribution < 1.29 is 13.9 Å². The van der Waals surface area contributed by atoms with Crippen LogP contribution in [0.3, 0.4) is 0 Å². The molecule has 1 amide bonds.